The minimum Gasteiger partial charge on any atom is -0.323 e. The van der Waals surface area contributed by atoms with E-state index in [1.54, 1.807) is 24.3 Å². The van der Waals surface area contributed by atoms with Gasteiger partial charge in [-0.15, -0.1) is 0 Å². The van der Waals surface area contributed by atoms with E-state index >= 15 is 0 Å². The third-order valence-electron chi connectivity index (χ3n) is 3.57. The van der Waals surface area contributed by atoms with Crippen LogP contribution in [-0.2, 0) is 4.79 Å². The largest absolute Gasteiger partial charge is 0.323 e. The lowest BCUT2D eigenvalue weighted by atomic mass is 10.1. The second-order valence-electron chi connectivity index (χ2n) is 5.12. The summed E-state index contributed by atoms with van der Waals surface area (Å²) in [4.78, 5) is 12.1. The zero-order valence-electron chi connectivity index (χ0n) is 10.9. The number of rotatable bonds is 3. The first kappa shape index (κ1) is 14.4. The Balaban J connectivity index is 1.70. The molecule has 1 saturated carbocycles. The first-order valence-electron chi connectivity index (χ1n) is 6.56. The average molecular weight is 324 g/mol. The molecule has 1 aliphatic rings. The maximum atomic E-state index is 13.5. The van der Waals surface area contributed by atoms with Crippen molar-refractivity contribution in [1.82, 2.24) is 0 Å². The highest BCUT2D eigenvalue weighted by Crippen LogP contribution is 2.49. The van der Waals surface area contributed by atoms with Gasteiger partial charge in [-0.25, -0.2) is 4.39 Å². The molecule has 0 heterocycles. The molecule has 3 rings (SSSR count). The van der Waals surface area contributed by atoms with Gasteiger partial charge in [-0.1, -0.05) is 35.3 Å². The highest BCUT2D eigenvalue weighted by Gasteiger charge is 2.44. The van der Waals surface area contributed by atoms with E-state index in [1.165, 1.54) is 6.07 Å². The maximum Gasteiger partial charge on any atom is 0.228 e. The molecule has 2 nitrogen and oxygen atoms in total. The van der Waals surface area contributed by atoms with Crippen molar-refractivity contribution < 1.29 is 9.18 Å². The first-order valence-corrected chi connectivity index (χ1v) is 7.31. The van der Waals surface area contributed by atoms with Crippen LogP contribution in [0.2, 0.25) is 10.0 Å². The molecule has 21 heavy (non-hydrogen) atoms. The van der Waals surface area contributed by atoms with Gasteiger partial charge < -0.3 is 5.32 Å². The van der Waals surface area contributed by atoms with E-state index in [4.69, 9.17) is 23.2 Å². The van der Waals surface area contributed by atoms with Crippen molar-refractivity contribution in [1.29, 1.82) is 0 Å². The molecule has 2 atom stereocenters. The predicted molar refractivity (Wildman–Crippen MR) is 82.3 cm³/mol. The lowest BCUT2D eigenvalue weighted by Gasteiger charge is -2.06. The average Bonchev–Trinajstić information content (AvgIpc) is 3.20. The normalized spacial score (nSPS) is 20.1. The maximum absolute atomic E-state index is 13.5. The van der Waals surface area contributed by atoms with Crippen LogP contribution in [0.5, 0.6) is 0 Å². The van der Waals surface area contributed by atoms with Gasteiger partial charge in [0.15, 0.2) is 0 Å². The van der Waals surface area contributed by atoms with Gasteiger partial charge in [0.25, 0.3) is 0 Å². The molecule has 0 spiro atoms. The molecule has 0 radical (unpaired) electrons. The third-order valence-corrected chi connectivity index (χ3v) is 4.01. The summed E-state index contributed by atoms with van der Waals surface area (Å²) in [6, 6.07) is 11.4. The van der Waals surface area contributed by atoms with Gasteiger partial charge in [-0.3, -0.25) is 4.79 Å². The summed E-state index contributed by atoms with van der Waals surface area (Å²) in [6.07, 6.45) is 0.719. The van der Waals surface area contributed by atoms with Crippen LogP contribution in [0.25, 0.3) is 0 Å². The Labute approximate surface area is 131 Å². The summed E-state index contributed by atoms with van der Waals surface area (Å²) >= 11 is 11.9. The molecule has 1 fully saturated rings. The van der Waals surface area contributed by atoms with E-state index in [0.29, 0.717) is 10.0 Å². The number of anilines is 1. The fourth-order valence-electron chi connectivity index (χ4n) is 2.43. The summed E-state index contributed by atoms with van der Waals surface area (Å²) in [5.74, 6) is -0.692. The van der Waals surface area contributed by atoms with Crippen molar-refractivity contribution in [3.8, 4) is 0 Å². The minimum absolute atomic E-state index is 0.0907. The second-order valence-corrected chi connectivity index (χ2v) is 5.99. The van der Waals surface area contributed by atoms with Crippen LogP contribution in [0.15, 0.2) is 42.5 Å². The standard InChI is InChI=1S/C16H12Cl2FNO/c17-10-5-9(6-11(18)7-10)12-8-13(12)16(21)20-15-4-2-1-3-14(15)19/h1-7,12-13H,8H2,(H,20,21)/t12-,13-/m1/s1. The quantitative estimate of drug-likeness (QED) is 0.857. The SMILES string of the molecule is O=C(Nc1ccccc1F)[C@@H]1C[C@@H]1c1cc(Cl)cc(Cl)c1. The fourth-order valence-corrected chi connectivity index (χ4v) is 2.97. The number of carbonyl (C=O) groups is 1. The Morgan fingerprint density at radius 2 is 1.81 bits per heavy atom. The molecule has 1 aliphatic carbocycles. The summed E-state index contributed by atoms with van der Waals surface area (Å²) in [5.41, 5.74) is 1.15. The zero-order valence-corrected chi connectivity index (χ0v) is 12.5. The fraction of sp³-hybridized carbons (Fsp3) is 0.188. The number of hydrogen-bond donors (Lipinski definition) is 1. The van der Waals surface area contributed by atoms with Gasteiger partial charge in [0, 0.05) is 16.0 Å². The minimum atomic E-state index is -0.436. The monoisotopic (exact) mass is 323 g/mol. The topological polar surface area (TPSA) is 29.1 Å². The van der Waals surface area contributed by atoms with Crippen molar-refractivity contribution in [2.75, 3.05) is 5.32 Å². The van der Waals surface area contributed by atoms with Crippen LogP contribution in [0, 0.1) is 11.7 Å². The molecule has 0 saturated heterocycles. The molecule has 2 aromatic rings. The molecule has 1 N–H and O–H groups in total. The molecule has 1 amide bonds. The van der Waals surface area contributed by atoms with E-state index in [2.05, 4.69) is 5.32 Å². The van der Waals surface area contributed by atoms with Crippen LogP contribution in [0.4, 0.5) is 10.1 Å². The lowest BCUT2D eigenvalue weighted by molar-refractivity contribution is -0.117. The molecule has 2 aromatic carbocycles. The molecule has 0 aromatic heterocycles. The molecule has 0 unspecified atom stereocenters. The number of para-hydroxylation sites is 1. The van der Waals surface area contributed by atoms with Crippen molar-refractivity contribution >= 4 is 34.8 Å². The molecular weight excluding hydrogens is 312 g/mol. The Kier molecular flexibility index (Phi) is 3.87. The predicted octanol–water partition coefficient (Wildman–Crippen LogP) is 4.87. The Bertz CT molecular complexity index is 684. The number of nitrogens with one attached hydrogen (secondary N) is 1. The highest BCUT2D eigenvalue weighted by molar-refractivity contribution is 6.34. The van der Waals surface area contributed by atoms with Crippen molar-refractivity contribution in [2.45, 2.75) is 12.3 Å². The molecule has 0 aliphatic heterocycles. The smallest absolute Gasteiger partial charge is 0.228 e. The summed E-state index contributed by atoms with van der Waals surface area (Å²) in [7, 11) is 0. The van der Waals surface area contributed by atoms with Crippen molar-refractivity contribution in [3.63, 3.8) is 0 Å². The highest BCUT2D eigenvalue weighted by atomic mass is 35.5. The number of amides is 1. The van der Waals surface area contributed by atoms with Gasteiger partial charge in [0.05, 0.1) is 5.69 Å². The zero-order chi connectivity index (χ0) is 15.0. The number of hydrogen-bond acceptors (Lipinski definition) is 1. The number of carbonyl (C=O) groups excluding carboxylic acids is 1. The van der Waals surface area contributed by atoms with E-state index in [0.717, 1.165) is 12.0 Å². The van der Waals surface area contributed by atoms with Gasteiger partial charge in [0.2, 0.25) is 5.91 Å². The first-order chi connectivity index (χ1) is 10.0. The summed E-state index contributed by atoms with van der Waals surface area (Å²) in [5, 5.41) is 3.73. The van der Waals surface area contributed by atoms with Crippen LogP contribution >= 0.6 is 23.2 Å². The van der Waals surface area contributed by atoms with Crippen LogP contribution in [-0.4, -0.2) is 5.91 Å². The number of benzene rings is 2. The Morgan fingerprint density at radius 1 is 1.14 bits per heavy atom. The van der Waals surface area contributed by atoms with E-state index in [9.17, 15) is 9.18 Å². The van der Waals surface area contributed by atoms with Crippen LogP contribution in [0.1, 0.15) is 17.9 Å². The van der Waals surface area contributed by atoms with Gasteiger partial charge in [0.1, 0.15) is 5.82 Å². The van der Waals surface area contributed by atoms with Gasteiger partial charge in [-0.05, 0) is 48.2 Å². The Hall–Kier alpha value is -1.58. The van der Waals surface area contributed by atoms with Crippen molar-refractivity contribution in [3.05, 3.63) is 63.9 Å². The van der Waals surface area contributed by atoms with Gasteiger partial charge in [-0.2, -0.15) is 0 Å². The van der Waals surface area contributed by atoms with Crippen molar-refractivity contribution in [2.24, 2.45) is 5.92 Å². The summed E-state index contributed by atoms with van der Waals surface area (Å²) < 4.78 is 13.5. The van der Waals surface area contributed by atoms with Gasteiger partial charge >= 0.3 is 0 Å². The third kappa shape index (κ3) is 3.20. The molecule has 108 valence electrons. The molecule has 0 bridgehead atoms. The Morgan fingerprint density at radius 3 is 2.48 bits per heavy atom. The summed E-state index contributed by atoms with van der Waals surface area (Å²) in [6.45, 7) is 0. The van der Waals surface area contributed by atoms with Crippen LogP contribution in [0.3, 0.4) is 0 Å². The molecular formula is C16H12Cl2FNO. The molecule has 5 heteroatoms. The van der Waals surface area contributed by atoms with E-state index in [-0.39, 0.29) is 23.4 Å². The van der Waals surface area contributed by atoms with E-state index < -0.39 is 5.82 Å². The van der Waals surface area contributed by atoms with E-state index in [1.807, 2.05) is 12.1 Å². The second kappa shape index (κ2) is 5.66. The lowest BCUT2D eigenvalue weighted by Crippen LogP contribution is -2.15. The number of halogens is 3. The van der Waals surface area contributed by atoms with Crippen LogP contribution < -0.4 is 5.32 Å².